The highest BCUT2D eigenvalue weighted by molar-refractivity contribution is 6.31. The molecule has 0 aliphatic carbocycles. The van der Waals surface area contributed by atoms with E-state index >= 15 is 0 Å². The highest BCUT2D eigenvalue weighted by Crippen LogP contribution is 2.24. The molecule has 0 radical (unpaired) electrons. The smallest absolute Gasteiger partial charge is 0.240 e. The summed E-state index contributed by atoms with van der Waals surface area (Å²) in [7, 11) is 0. The summed E-state index contributed by atoms with van der Waals surface area (Å²) >= 11 is 6.02. The Morgan fingerprint density at radius 2 is 2.21 bits per heavy atom. The number of nitrogens with two attached hydrogens (primary N) is 1. The minimum atomic E-state index is -0.0181. The predicted octanol–water partition coefficient (Wildman–Crippen LogP) is 2.28. The number of benzene rings is 1. The van der Waals surface area contributed by atoms with Crippen LogP contribution in [0.3, 0.4) is 0 Å². The normalized spacial score (nSPS) is 11.2. The summed E-state index contributed by atoms with van der Waals surface area (Å²) < 4.78 is 1.89. The highest BCUT2D eigenvalue weighted by atomic mass is 35.5. The third-order valence-corrected chi connectivity index (χ3v) is 3.15. The van der Waals surface area contributed by atoms with Gasteiger partial charge in [0.05, 0.1) is 5.52 Å². The van der Waals surface area contributed by atoms with Gasteiger partial charge in [0.2, 0.25) is 5.91 Å². The number of rotatable bonds is 4. The number of carbonyl (C=O) groups is 1. The molecule has 19 heavy (non-hydrogen) atoms. The van der Waals surface area contributed by atoms with E-state index in [-0.39, 0.29) is 18.5 Å². The van der Waals surface area contributed by atoms with Crippen LogP contribution in [0.4, 0.5) is 0 Å². The van der Waals surface area contributed by atoms with E-state index < -0.39 is 0 Å². The Kier molecular flexibility index (Phi) is 4.12. The zero-order valence-corrected chi connectivity index (χ0v) is 11.9. The van der Waals surface area contributed by atoms with Crippen molar-refractivity contribution < 1.29 is 4.79 Å². The molecule has 0 saturated carbocycles. The highest BCUT2D eigenvalue weighted by Gasteiger charge is 2.11. The largest absolute Gasteiger partial charge is 0.352 e. The minimum absolute atomic E-state index is 0.0181. The number of carbonyl (C=O) groups excluding carboxylic acids is 1. The van der Waals surface area contributed by atoms with Gasteiger partial charge >= 0.3 is 0 Å². The van der Waals surface area contributed by atoms with Gasteiger partial charge in [0.1, 0.15) is 6.54 Å². The minimum Gasteiger partial charge on any atom is -0.352 e. The van der Waals surface area contributed by atoms with Gasteiger partial charge in [-0.25, -0.2) is 0 Å². The summed E-state index contributed by atoms with van der Waals surface area (Å²) in [5.74, 6) is -0.0181. The monoisotopic (exact) mass is 279 g/mol. The molecule has 0 aliphatic heterocycles. The third-order valence-electron chi connectivity index (χ3n) is 2.91. The van der Waals surface area contributed by atoms with Crippen LogP contribution in [-0.4, -0.2) is 16.5 Å². The molecule has 0 spiro atoms. The van der Waals surface area contributed by atoms with Crippen molar-refractivity contribution in [3.05, 3.63) is 35.0 Å². The van der Waals surface area contributed by atoms with E-state index in [4.69, 9.17) is 17.3 Å². The summed E-state index contributed by atoms with van der Waals surface area (Å²) in [6, 6.07) is 5.77. The molecule has 1 amide bonds. The Bertz CT molecular complexity index is 604. The van der Waals surface area contributed by atoms with Crippen LogP contribution in [0.2, 0.25) is 5.02 Å². The zero-order chi connectivity index (χ0) is 14.0. The average molecular weight is 280 g/mol. The maximum absolute atomic E-state index is 11.9. The second-order valence-electron chi connectivity index (χ2n) is 4.87. The van der Waals surface area contributed by atoms with Crippen LogP contribution in [0.15, 0.2) is 24.4 Å². The first-order chi connectivity index (χ1) is 9.01. The fraction of sp³-hybridized carbons (Fsp3) is 0.357. The second-order valence-corrected chi connectivity index (χ2v) is 5.31. The molecular formula is C14H18ClN3O. The van der Waals surface area contributed by atoms with Crippen molar-refractivity contribution in [3.8, 4) is 0 Å². The van der Waals surface area contributed by atoms with Crippen molar-refractivity contribution in [1.29, 1.82) is 0 Å². The number of hydrogen-bond donors (Lipinski definition) is 2. The van der Waals surface area contributed by atoms with Crippen LogP contribution in [-0.2, 0) is 17.9 Å². The van der Waals surface area contributed by atoms with Crippen molar-refractivity contribution in [3.63, 3.8) is 0 Å². The Hall–Kier alpha value is -1.52. The molecule has 0 atom stereocenters. The second kappa shape index (κ2) is 5.63. The Morgan fingerprint density at radius 3 is 2.84 bits per heavy atom. The van der Waals surface area contributed by atoms with Crippen molar-refractivity contribution in [2.75, 3.05) is 0 Å². The van der Waals surface area contributed by atoms with Gasteiger partial charge in [0.25, 0.3) is 0 Å². The maximum Gasteiger partial charge on any atom is 0.240 e. The predicted molar refractivity (Wildman–Crippen MR) is 78.1 cm³/mol. The van der Waals surface area contributed by atoms with Crippen molar-refractivity contribution in [2.24, 2.45) is 5.73 Å². The lowest BCUT2D eigenvalue weighted by atomic mass is 10.2. The first-order valence-electron chi connectivity index (χ1n) is 6.28. The summed E-state index contributed by atoms with van der Waals surface area (Å²) in [6.45, 7) is 4.59. The molecule has 3 N–H and O–H groups in total. The number of nitrogens with zero attached hydrogens (tertiary/aromatic N) is 1. The first-order valence-corrected chi connectivity index (χ1v) is 6.65. The summed E-state index contributed by atoms with van der Waals surface area (Å²) in [5, 5.41) is 4.57. The molecule has 102 valence electrons. The van der Waals surface area contributed by atoms with Crippen molar-refractivity contribution in [2.45, 2.75) is 33.0 Å². The Morgan fingerprint density at radius 1 is 1.47 bits per heavy atom. The van der Waals surface area contributed by atoms with E-state index in [1.165, 1.54) is 0 Å². The van der Waals surface area contributed by atoms with Gasteiger partial charge in [-0.15, -0.1) is 0 Å². The molecule has 1 heterocycles. The third kappa shape index (κ3) is 3.08. The first kappa shape index (κ1) is 13.9. The number of nitrogens with one attached hydrogen (secondary N) is 1. The number of aromatic nitrogens is 1. The van der Waals surface area contributed by atoms with E-state index in [0.29, 0.717) is 11.6 Å². The van der Waals surface area contributed by atoms with Crippen LogP contribution >= 0.6 is 11.6 Å². The molecule has 5 heteroatoms. The number of hydrogen-bond acceptors (Lipinski definition) is 2. The molecule has 0 bridgehead atoms. The van der Waals surface area contributed by atoms with E-state index in [9.17, 15) is 4.79 Å². The molecule has 1 aromatic carbocycles. The molecule has 0 unspecified atom stereocenters. The molecule has 1 aromatic heterocycles. The Labute approximate surface area is 117 Å². The molecule has 2 rings (SSSR count). The molecule has 0 fully saturated rings. The van der Waals surface area contributed by atoms with Gasteiger partial charge in [0, 0.05) is 29.2 Å². The number of amides is 1. The lowest BCUT2D eigenvalue weighted by molar-refractivity contribution is -0.122. The quantitative estimate of drug-likeness (QED) is 0.902. The van der Waals surface area contributed by atoms with Crippen molar-refractivity contribution in [1.82, 2.24) is 9.88 Å². The molecule has 2 aromatic rings. The lowest BCUT2D eigenvalue weighted by Gasteiger charge is -2.09. The van der Waals surface area contributed by atoms with Crippen LogP contribution in [0.25, 0.3) is 10.9 Å². The van der Waals surface area contributed by atoms with Gasteiger partial charge in [-0.3, -0.25) is 4.79 Å². The molecule has 0 saturated heterocycles. The van der Waals surface area contributed by atoms with Crippen LogP contribution < -0.4 is 11.1 Å². The van der Waals surface area contributed by atoms with E-state index in [2.05, 4.69) is 5.32 Å². The number of halogens is 1. The van der Waals surface area contributed by atoms with E-state index in [0.717, 1.165) is 16.5 Å². The van der Waals surface area contributed by atoms with Gasteiger partial charge < -0.3 is 15.6 Å². The zero-order valence-electron chi connectivity index (χ0n) is 11.1. The fourth-order valence-corrected chi connectivity index (χ4v) is 2.32. The Balaban J connectivity index is 2.37. The maximum atomic E-state index is 11.9. The molecule has 4 nitrogen and oxygen atoms in total. The van der Waals surface area contributed by atoms with Gasteiger partial charge in [-0.05, 0) is 31.5 Å². The molecular weight excluding hydrogens is 262 g/mol. The summed E-state index contributed by atoms with van der Waals surface area (Å²) in [6.07, 6.45) is 1.92. The van der Waals surface area contributed by atoms with E-state index in [1.807, 2.05) is 42.8 Å². The SMILES string of the molecule is CC(C)NC(=O)Cn1cc(CN)c2ccc(Cl)cc21. The van der Waals surface area contributed by atoms with Crippen LogP contribution in [0.5, 0.6) is 0 Å². The van der Waals surface area contributed by atoms with Gasteiger partial charge in [0.15, 0.2) is 0 Å². The van der Waals surface area contributed by atoms with Crippen LogP contribution in [0, 0.1) is 0 Å². The molecule has 0 aliphatic rings. The van der Waals surface area contributed by atoms with Crippen LogP contribution in [0.1, 0.15) is 19.4 Å². The fourth-order valence-electron chi connectivity index (χ4n) is 2.16. The van der Waals surface area contributed by atoms with Gasteiger partial charge in [-0.1, -0.05) is 17.7 Å². The topological polar surface area (TPSA) is 60.0 Å². The van der Waals surface area contributed by atoms with E-state index in [1.54, 1.807) is 0 Å². The average Bonchev–Trinajstić information content (AvgIpc) is 2.65. The standard InChI is InChI=1S/C14H18ClN3O/c1-9(2)17-14(19)8-18-7-10(6-16)12-4-3-11(15)5-13(12)18/h3-5,7,9H,6,8,16H2,1-2H3,(H,17,19). The number of fused-ring (bicyclic) bond motifs is 1. The van der Waals surface area contributed by atoms with Crippen molar-refractivity contribution >= 4 is 28.4 Å². The van der Waals surface area contributed by atoms with Gasteiger partial charge in [-0.2, -0.15) is 0 Å². The summed E-state index contributed by atoms with van der Waals surface area (Å²) in [4.78, 5) is 11.9. The lowest BCUT2D eigenvalue weighted by Crippen LogP contribution is -2.32. The summed E-state index contributed by atoms with van der Waals surface area (Å²) in [5.41, 5.74) is 7.69.